The SMILES string of the molecule is [CH2]CCCNC1CCCCC1[NH]. The van der Waals surface area contributed by atoms with Gasteiger partial charge in [0.1, 0.15) is 0 Å². The third-order valence-electron chi connectivity index (χ3n) is 2.60. The lowest BCUT2D eigenvalue weighted by Gasteiger charge is -2.28. The fourth-order valence-corrected chi connectivity index (χ4v) is 1.79. The second-order valence-corrected chi connectivity index (χ2v) is 3.66. The van der Waals surface area contributed by atoms with Crippen molar-refractivity contribution in [3.05, 3.63) is 6.92 Å². The molecule has 2 nitrogen and oxygen atoms in total. The van der Waals surface area contributed by atoms with Gasteiger partial charge in [-0.3, -0.25) is 5.73 Å². The Morgan fingerprint density at radius 1 is 1.33 bits per heavy atom. The lowest BCUT2D eigenvalue weighted by atomic mass is 9.91. The van der Waals surface area contributed by atoms with Crippen molar-refractivity contribution in [3.8, 4) is 0 Å². The normalized spacial score (nSPS) is 30.5. The number of hydrogen-bond donors (Lipinski definition) is 1. The van der Waals surface area contributed by atoms with E-state index in [2.05, 4.69) is 12.2 Å². The summed E-state index contributed by atoms with van der Waals surface area (Å²) in [5.41, 5.74) is 7.79. The molecule has 0 aromatic carbocycles. The highest BCUT2D eigenvalue weighted by atomic mass is 14.9. The van der Waals surface area contributed by atoms with Crippen molar-refractivity contribution in [3.63, 3.8) is 0 Å². The quantitative estimate of drug-likeness (QED) is 0.638. The largest absolute Gasteiger partial charge is 0.312 e. The first kappa shape index (κ1) is 10.0. The van der Waals surface area contributed by atoms with E-state index in [0.29, 0.717) is 6.04 Å². The molecule has 0 heterocycles. The summed E-state index contributed by atoms with van der Waals surface area (Å²) in [6, 6.07) is 0.605. The molecule has 12 heavy (non-hydrogen) atoms. The fraction of sp³-hybridized carbons (Fsp3) is 0.900. The van der Waals surface area contributed by atoms with Crippen LogP contribution in [0.3, 0.4) is 0 Å². The molecule has 1 fully saturated rings. The summed E-state index contributed by atoms with van der Waals surface area (Å²) in [7, 11) is 0. The zero-order valence-corrected chi connectivity index (χ0v) is 7.81. The first-order valence-corrected chi connectivity index (χ1v) is 5.08. The molecule has 2 atom stereocenters. The van der Waals surface area contributed by atoms with E-state index in [1.165, 1.54) is 19.3 Å². The molecule has 2 unspecified atom stereocenters. The van der Waals surface area contributed by atoms with Crippen molar-refractivity contribution in [2.24, 2.45) is 0 Å². The predicted molar refractivity (Wildman–Crippen MR) is 51.7 cm³/mol. The van der Waals surface area contributed by atoms with Gasteiger partial charge in [0.05, 0.1) is 0 Å². The summed E-state index contributed by atoms with van der Waals surface area (Å²) in [6.07, 6.45) is 6.98. The van der Waals surface area contributed by atoms with Gasteiger partial charge in [0, 0.05) is 12.1 Å². The second-order valence-electron chi connectivity index (χ2n) is 3.66. The molecular formula is C10H20N2. The summed E-state index contributed by atoms with van der Waals surface area (Å²) in [4.78, 5) is 0. The van der Waals surface area contributed by atoms with Crippen LogP contribution in [0.2, 0.25) is 0 Å². The molecule has 2 radical (unpaired) electrons. The van der Waals surface area contributed by atoms with Crippen molar-refractivity contribution < 1.29 is 0 Å². The average Bonchev–Trinajstić information content (AvgIpc) is 2.09. The van der Waals surface area contributed by atoms with Crippen LogP contribution in [0.15, 0.2) is 0 Å². The van der Waals surface area contributed by atoms with Gasteiger partial charge in [-0.15, -0.1) is 0 Å². The van der Waals surface area contributed by atoms with E-state index < -0.39 is 0 Å². The molecule has 1 aliphatic rings. The summed E-state index contributed by atoms with van der Waals surface area (Å²) in [5, 5.41) is 3.44. The van der Waals surface area contributed by atoms with Crippen molar-refractivity contribution in [1.29, 1.82) is 0 Å². The molecule has 1 aliphatic carbocycles. The first-order valence-electron chi connectivity index (χ1n) is 5.08. The van der Waals surface area contributed by atoms with E-state index >= 15 is 0 Å². The van der Waals surface area contributed by atoms with E-state index in [0.717, 1.165) is 25.8 Å². The lowest BCUT2D eigenvalue weighted by molar-refractivity contribution is 0.321. The summed E-state index contributed by atoms with van der Waals surface area (Å²) < 4.78 is 0. The average molecular weight is 168 g/mol. The highest BCUT2D eigenvalue weighted by Gasteiger charge is 2.20. The molecule has 0 bridgehead atoms. The van der Waals surface area contributed by atoms with Gasteiger partial charge in [-0.25, -0.2) is 0 Å². The predicted octanol–water partition coefficient (Wildman–Crippen LogP) is 1.78. The van der Waals surface area contributed by atoms with Crippen molar-refractivity contribution in [2.75, 3.05) is 6.54 Å². The standard InChI is InChI=1S/C10H20N2/c1-2-3-8-12-10-7-5-4-6-9(10)11/h9-12H,1-8H2. The Labute approximate surface area is 75.9 Å². The Hall–Kier alpha value is -0.0800. The Bertz CT molecular complexity index is 114. The highest BCUT2D eigenvalue weighted by molar-refractivity contribution is 4.82. The third-order valence-corrected chi connectivity index (χ3v) is 2.60. The van der Waals surface area contributed by atoms with Crippen LogP contribution in [0.25, 0.3) is 0 Å². The Balaban J connectivity index is 2.11. The van der Waals surface area contributed by atoms with E-state index in [-0.39, 0.29) is 6.04 Å². The van der Waals surface area contributed by atoms with E-state index in [1.807, 2.05) is 0 Å². The van der Waals surface area contributed by atoms with Gasteiger partial charge < -0.3 is 5.32 Å². The fourth-order valence-electron chi connectivity index (χ4n) is 1.79. The summed E-state index contributed by atoms with van der Waals surface area (Å²) in [6.45, 7) is 4.85. The first-order chi connectivity index (χ1) is 5.84. The number of rotatable bonds is 4. The number of unbranched alkanes of at least 4 members (excludes halogenated alkanes) is 1. The maximum atomic E-state index is 7.79. The van der Waals surface area contributed by atoms with Crippen molar-refractivity contribution in [1.82, 2.24) is 11.1 Å². The molecule has 0 saturated heterocycles. The zero-order chi connectivity index (χ0) is 8.81. The zero-order valence-electron chi connectivity index (χ0n) is 7.81. The second kappa shape index (κ2) is 5.55. The molecule has 0 aromatic heterocycles. The van der Waals surface area contributed by atoms with Crippen LogP contribution in [0, 0.1) is 6.92 Å². The van der Waals surface area contributed by atoms with E-state index in [1.54, 1.807) is 0 Å². The minimum atomic E-state index is 0.142. The maximum absolute atomic E-state index is 7.79. The minimum Gasteiger partial charge on any atom is -0.312 e. The smallest absolute Gasteiger partial charge is 0.0366 e. The van der Waals surface area contributed by atoms with Gasteiger partial charge in [0.2, 0.25) is 0 Å². The van der Waals surface area contributed by atoms with Crippen LogP contribution in [-0.4, -0.2) is 18.6 Å². The monoisotopic (exact) mass is 168 g/mol. The Morgan fingerprint density at radius 3 is 2.75 bits per heavy atom. The maximum Gasteiger partial charge on any atom is 0.0366 e. The molecule has 0 spiro atoms. The highest BCUT2D eigenvalue weighted by Crippen LogP contribution is 2.17. The number of nitrogens with one attached hydrogen (secondary N) is 2. The van der Waals surface area contributed by atoms with Crippen LogP contribution in [-0.2, 0) is 0 Å². The molecule has 1 saturated carbocycles. The van der Waals surface area contributed by atoms with Crippen LogP contribution in [0.1, 0.15) is 38.5 Å². The Morgan fingerprint density at radius 2 is 2.08 bits per heavy atom. The van der Waals surface area contributed by atoms with Gasteiger partial charge in [0.15, 0.2) is 0 Å². The van der Waals surface area contributed by atoms with Crippen LogP contribution < -0.4 is 11.1 Å². The molecule has 0 aromatic rings. The van der Waals surface area contributed by atoms with Crippen molar-refractivity contribution in [2.45, 2.75) is 50.6 Å². The van der Waals surface area contributed by atoms with E-state index in [4.69, 9.17) is 5.73 Å². The third kappa shape index (κ3) is 3.11. The topological polar surface area (TPSA) is 35.8 Å². The van der Waals surface area contributed by atoms with Gasteiger partial charge in [-0.05, 0) is 25.8 Å². The molecule has 70 valence electrons. The van der Waals surface area contributed by atoms with Gasteiger partial charge in [0.25, 0.3) is 0 Å². The molecule has 2 heteroatoms. The van der Waals surface area contributed by atoms with Gasteiger partial charge in [-0.1, -0.05) is 26.2 Å². The van der Waals surface area contributed by atoms with Crippen molar-refractivity contribution >= 4 is 0 Å². The molecular weight excluding hydrogens is 148 g/mol. The van der Waals surface area contributed by atoms with Crippen LogP contribution in [0.5, 0.6) is 0 Å². The lowest BCUT2D eigenvalue weighted by Crippen LogP contribution is -2.43. The molecule has 2 N–H and O–H groups in total. The summed E-state index contributed by atoms with van der Waals surface area (Å²) >= 11 is 0. The Kier molecular flexibility index (Phi) is 4.62. The molecule has 1 rings (SSSR count). The van der Waals surface area contributed by atoms with Gasteiger partial charge >= 0.3 is 0 Å². The van der Waals surface area contributed by atoms with Crippen LogP contribution >= 0.6 is 0 Å². The molecule has 0 amide bonds. The number of hydrogen-bond acceptors (Lipinski definition) is 1. The molecule has 0 aliphatic heterocycles. The summed E-state index contributed by atoms with van der Waals surface area (Å²) in [5.74, 6) is 0. The minimum absolute atomic E-state index is 0.142. The van der Waals surface area contributed by atoms with Gasteiger partial charge in [-0.2, -0.15) is 0 Å². The van der Waals surface area contributed by atoms with E-state index in [9.17, 15) is 0 Å². The van der Waals surface area contributed by atoms with Crippen LogP contribution in [0.4, 0.5) is 0 Å².